The third-order valence-corrected chi connectivity index (χ3v) is 2.13. The van der Waals surface area contributed by atoms with Gasteiger partial charge in [-0.25, -0.2) is 0 Å². The topological polar surface area (TPSA) is 26.0 Å². The lowest BCUT2D eigenvalue weighted by Crippen LogP contribution is -1.80. The Morgan fingerprint density at radius 2 is 1.40 bits per heavy atom. The molecule has 0 amide bonds. The average Bonchev–Trinajstić information content (AvgIpc) is 2.25. The normalized spacial score (nSPS) is 8.93. The number of rotatable bonds is 0. The number of hydrogen-bond donors (Lipinski definition) is 2. The Morgan fingerprint density at radius 1 is 0.867 bits per heavy atom. The molecule has 0 spiro atoms. The van der Waals surface area contributed by atoms with E-state index in [1.54, 1.807) is 0 Å². The first-order chi connectivity index (χ1) is 7.18. The summed E-state index contributed by atoms with van der Waals surface area (Å²) in [7, 11) is 0. The standard InChI is InChI=1S/C7H8.C6H7NS/c1-7-5-3-2-4-6-7;7-5-1-3-6(8)4-2-5/h2-6H,1H3;1-4,8H,7H2. The number of aryl methyl sites for hydroxylation is 1. The molecule has 0 bridgehead atoms. The van der Waals surface area contributed by atoms with E-state index in [-0.39, 0.29) is 0 Å². The molecule has 0 radical (unpaired) electrons. The molecule has 2 N–H and O–H groups in total. The molecule has 0 aliphatic rings. The van der Waals surface area contributed by atoms with E-state index in [0.29, 0.717) is 0 Å². The van der Waals surface area contributed by atoms with E-state index >= 15 is 0 Å². The number of thiol groups is 1. The minimum absolute atomic E-state index is 0.780. The maximum Gasteiger partial charge on any atom is 0.0314 e. The van der Waals surface area contributed by atoms with Crippen molar-refractivity contribution in [3.63, 3.8) is 0 Å². The van der Waals surface area contributed by atoms with E-state index in [0.717, 1.165) is 10.6 Å². The van der Waals surface area contributed by atoms with Gasteiger partial charge in [0.05, 0.1) is 0 Å². The minimum atomic E-state index is 0.780. The fourth-order valence-electron chi connectivity index (χ4n) is 1.01. The monoisotopic (exact) mass is 217 g/mol. The van der Waals surface area contributed by atoms with Crippen molar-refractivity contribution in [3.8, 4) is 0 Å². The first-order valence-corrected chi connectivity index (χ1v) is 5.19. The maximum absolute atomic E-state index is 5.39. The fourth-order valence-corrected chi connectivity index (χ4v) is 1.16. The van der Waals surface area contributed by atoms with Gasteiger partial charge in [0.25, 0.3) is 0 Å². The quantitative estimate of drug-likeness (QED) is 0.512. The van der Waals surface area contributed by atoms with Crippen LogP contribution in [0.15, 0.2) is 59.5 Å². The van der Waals surface area contributed by atoms with Gasteiger partial charge in [-0.2, -0.15) is 0 Å². The lowest BCUT2D eigenvalue weighted by Gasteiger charge is -1.89. The van der Waals surface area contributed by atoms with Crippen molar-refractivity contribution in [1.29, 1.82) is 0 Å². The van der Waals surface area contributed by atoms with Gasteiger partial charge < -0.3 is 5.73 Å². The largest absolute Gasteiger partial charge is 0.399 e. The Kier molecular flexibility index (Phi) is 4.78. The van der Waals surface area contributed by atoms with E-state index in [2.05, 4.69) is 31.7 Å². The molecule has 0 atom stereocenters. The van der Waals surface area contributed by atoms with Crippen molar-refractivity contribution >= 4 is 18.3 Å². The fraction of sp³-hybridized carbons (Fsp3) is 0.0769. The molecular weight excluding hydrogens is 202 g/mol. The summed E-state index contributed by atoms with van der Waals surface area (Å²) in [6.45, 7) is 2.08. The van der Waals surface area contributed by atoms with Crippen LogP contribution in [0.3, 0.4) is 0 Å². The third-order valence-electron chi connectivity index (χ3n) is 1.83. The van der Waals surface area contributed by atoms with Gasteiger partial charge in [-0.15, -0.1) is 12.6 Å². The van der Waals surface area contributed by atoms with Gasteiger partial charge in [-0.05, 0) is 31.2 Å². The van der Waals surface area contributed by atoms with E-state index in [4.69, 9.17) is 5.73 Å². The molecule has 2 heteroatoms. The molecular formula is C13H15NS. The Hall–Kier alpha value is -1.41. The Balaban J connectivity index is 0.000000151. The zero-order valence-electron chi connectivity index (χ0n) is 8.72. The molecule has 0 aliphatic carbocycles. The summed E-state index contributed by atoms with van der Waals surface area (Å²) in [6.07, 6.45) is 0. The highest BCUT2D eigenvalue weighted by Gasteiger charge is 1.81. The van der Waals surface area contributed by atoms with Gasteiger partial charge in [-0.3, -0.25) is 0 Å². The molecule has 0 aliphatic heterocycles. The number of nitrogen functional groups attached to an aromatic ring is 1. The number of hydrogen-bond acceptors (Lipinski definition) is 2. The molecule has 0 saturated carbocycles. The van der Waals surface area contributed by atoms with Crippen molar-refractivity contribution in [2.24, 2.45) is 0 Å². The lowest BCUT2D eigenvalue weighted by molar-refractivity contribution is 1.48. The summed E-state index contributed by atoms with van der Waals surface area (Å²) in [5, 5.41) is 0. The van der Waals surface area contributed by atoms with Crippen LogP contribution in [0.2, 0.25) is 0 Å². The summed E-state index contributed by atoms with van der Waals surface area (Å²) in [4.78, 5) is 0.944. The molecule has 0 heterocycles. The SMILES string of the molecule is Cc1ccccc1.Nc1ccc(S)cc1. The molecule has 2 aromatic rings. The van der Waals surface area contributed by atoms with E-state index in [1.165, 1.54) is 5.56 Å². The predicted molar refractivity (Wildman–Crippen MR) is 69.3 cm³/mol. The van der Waals surface area contributed by atoms with Crippen LogP contribution >= 0.6 is 12.6 Å². The van der Waals surface area contributed by atoms with Crippen molar-refractivity contribution in [1.82, 2.24) is 0 Å². The second kappa shape index (κ2) is 6.14. The Bertz CT molecular complexity index is 360. The van der Waals surface area contributed by atoms with Crippen molar-refractivity contribution < 1.29 is 0 Å². The molecule has 0 fully saturated rings. The van der Waals surface area contributed by atoms with Crippen molar-refractivity contribution in [2.75, 3.05) is 5.73 Å². The van der Waals surface area contributed by atoms with Crippen LogP contribution in [0.1, 0.15) is 5.56 Å². The third kappa shape index (κ3) is 5.13. The number of anilines is 1. The van der Waals surface area contributed by atoms with Crippen LogP contribution in [0.25, 0.3) is 0 Å². The first-order valence-electron chi connectivity index (χ1n) is 4.74. The zero-order chi connectivity index (χ0) is 11.1. The van der Waals surface area contributed by atoms with Gasteiger partial charge in [-0.1, -0.05) is 35.9 Å². The molecule has 15 heavy (non-hydrogen) atoms. The summed E-state index contributed by atoms with van der Waals surface area (Å²) < 4.78 is 0. The Labute approximate surface area is 96.4 Å². The van der Waals surface area contributed by atoms with Gasteiger partial charge >= 0.3 is 0 Å². The van der Waals surface area contributed by atoms with Crippen LogP contribution in [0.5, 0.6) is 0 Å². The number of nitrogens with two attached hydrogens (primary N) is 1. The highest BCUT2D eigenvalue weighted by atomic mass is 32.1. The molecule has 0 saturated heterocycles. The number of benzene rings is 2. The van der Waals surface area contributed by atoms with Gasteiger partial charge in [0.1, 0.15) is 0 Å². The van der Waals surface area contributed by atoms with Gasteiger partial charge in [0.2, 0.25) is 0 Å². The van der Waals surface area contributed by atoms with Crippen LogP contribution in [0, 0.1) is 6.92 Å². The van der Waals surface area contributed by atoms with Crippen LogP contribution in [0.4, 0.5) is 5.69 Å². The first kappa shape index (κ1) is 11.7. The Morgan fingerprint density at radius 3 is 1.73 bits per heavy atom. The smallest absolute Gasteiger partial charge is 0.0314 e. The summed E-state index contributed by atoms with van der Waals surface area (Å²) in [6, 6.07) is 17.6. The molecule has 2 aromatic carbocycles. The van der Waals surface area contributed by atoms with Gasteiger partial charge in [0, 0.05) is 10.6 Å². The van der Waals surface area contributed by atoms with Crippen LogP contribution in [-0.2, 0) is 0 Å². The van der Waals surface area contributed by atoms with E-state index in [1.807, 2.05) is 42.5 Å². The van der Waals surface area contributed by atoms with Crippen molar-refractivity contribution in [3.05, 3.63) is 60.2 Å². The van der Waals surface area contributed by atoms with Crippen LogP contribution in [-0.4, -0.2) is 0 Å². The summed E-state index contributed by atoms with van der Waals surface area (Å²) >= 11 is 4.08. The lowest BCUT2D eigenvalue weighted by atomic mass is 10.2. The highest BCUT2D eigenvalue weighted by molar-refractivity contribution is 7.80. The van der Waals surface area contributed by atoms with E-state index < -0.39 is 0 Å². The summed E-state index contributed by atoms with van der Waals surface area (Å²) in [5.74, 6) is 0. The maximum atomic E-state index is 5.39. The molecule has 2 rings (SSSR count). The average molecular weight is 217 g/mol. The second-order valence-corrected chi connectivity index (χ2v) is 3.76. The molecule has 78 valence electrons. The molecule has 0 unspecified atom stereocenters. The van der Waals surface area contributed by atoms with Gasteiger partial charge in [0.15, 0.2) is 0 Å². The molecule has 0 aromatic heterocycles. The minimum Gasteiger partial charge on any atom is -0.399 e. The van der Waals surface area contributed by atoms with Crippen molar-refractivity contribution in [2.45, 2.75) is 11.8 Å². The van der Waals surface area contributed by atoms with Crippen LogP contribution < -0.4 is 5.73 Å². The molecule has 1 nitrogen and oxygen atoms in total. The van der Waals surface area contributed by atoms with E-state index in [9.17, 15) is 0 Å². The highest BCUT2D eigenvalue weighted by Crippen LogP contribution is 2.07. The predicted octanol–water partition coefficient (Wildman–Crippen LogP) is 3.55. The summed E-state index contributed by atoms with van der Waals surface area (Å²) in [5.41, 5.74) is 7.49. The zero-order valence-corrected chi connectivity index (χ0v) is 9.62. The second-order valence-electron chi connectivity index (χ2n) is 3.25.